The molecular weight excluding hydrogens is 146 g/mol. The predicted molar refractivity (Wildman–Crippen MR) is 56.1 cm³/mol. The van der Waals surface area contributed by atoms with Gasteiger partial charge in [0.25, 0.3) is 0 Å². The van der Waals surface area contributed by atoms with Crippen LogP contribution in [-0.2, 0) is 0 Å². The van der Waals surface area contributed by atoms with E-state index in [2.05, 4.69) is 20.1 Å². The van der Waals surface area contributed by atoms with E-state index in [-0.39, 0.29) is 5.54 Å². The van der Waals surface area contributed by atoms with Crippen molar-refractivity contribution in [3.05, 3.63) is 24.8 Å². The Bertz CT molecular complexity index is 160. The Morgan fingerprint density at radius 2 is 2.17 bits per heavy atom. The first-order chi connectivity index (χ1) is 5.54. The Labute approximate surface area is 76.3 Å². The van der Waals surface area contributed by atoms with Gasteiger partial charge in [-0.05, 0) is 32.6 Å². The molecule has 1 atom stereocenters. The van der Waals surface area contributed by atoms with Crippen LogP contribution in [0.15, 0.2) is 24.8 Å². The van der Waals surface area contributed by atoms with Crippen molar-refractivity contribution in [3.8, 4) is 0 Å². The van der Waals surface area contributed by atoms with Crippen LogP contribution in [0.1, 0.15) is 39.5 Å². The molecule has 0 amide bonds. The zero-order valence-corrected chi connectivity index (χ0v) is 8.40. The monoisotopic (exact) mass is 167 g/mol. The molecule has 0 saturated carbocycles. The fourth-order valence-corrected chi connectivity index (χ4v) is 1.17. The summed E-state index contributed by atoms with van der Waals surface area (Å²) < 4.78 is 0. The molecule has 70 valence electrons. The SMILES string of the molecule is C=CCC(N)(CC)CCC(=C)C. The molecule has 0 bridgehead atoms. The summed E-state index contributed by atoms with van der Waals surface area (Å²) in [6.07, 6.45) is 5.86. The molecule has 0 saturated heterocycles. The van der Waals surface area contributed by atoms with Gasteiger partial charge >= 0.3 is 0 Å². The summed E-state index contributed by atoms with van der Waals surface area (Å²) in [6.45, 7) is 11.8. The minimum absolute atomic E-state index is 0.0549. The number of rotatable bonds is 6. The Hall–Kier alpha value is -0.560. The van der Waals surface area contributed by atoms with E-state index >= 15 is 0 Å². The maximum atomic E-state index is 6.14. The van der Waals surface area contributed by atoms with Crippen molar-refractivity contribution in [3.63, 3.8) is 0 Å². The van der Waals surface area contributed by atoms with E-state index in [1.54, 1.807) is 0 Å². The third kappa shape index (κ3) is 4.35. The summed E-state index contributed by atoms with van der Waals surface area (Å²) in [5, 5.41) is 0. The summed E-state index contributed by atoms with van der Waals surface area (Å²) >= 11 is 0. The molecule has 12 heavy (non-hydrogen) atoms. The quantitative estimate of drug-likeness (QED) is 0.605. The highest BCUT2D eigenvalue weighted by molar-refractivity contribution is 4.96. The average molecular weight is 167 g/mol. The molecule has 0 radical (unpaired) electrons. The van der Waals surface area contributed by atoms with Crippen molar-refractivity contribution in [1.82, 2.24) is 0 Å². The Morgan fingerprint density at radius 3 is 2.50 bits per heavy atom. The van der Waals surface area contributed by atoms with Crippen molar-refractivity contribution in [2.24, 2.45) is 5.73 Å². The molecule has 0 spiro atoms. The molecule has 0 fully saturated rings. The highest BCUT2D eigenvalue weighted by atomic mass is 14.7. The Morgan fingerprint density at radius 1 is 1.58 bits per heavy atom. The third-order valence-corrected chi connectivity index (χ3v) is 2.30. The molecule has 1 heteroatoms. The maximum Gasteiger partial charge on any atom is 0.0189 e. The fourth-order valence-electron chi connectivity index (χ4n) is 1.17. The molecule has 0 aromatic heterocycles. The molecule has 0 aromatic rings. The van der Waals surface area contributed by atoms with E-state index in [0.717, 1.165) is 25.7 Å². The topological polar surface area (TPSA) is 26.0 Å². The van der Waals surface area contributed by atoms with Crippen LogP contribution in [0.3, 0.4) is 0 Å². The van der Waals surface area contributed by atoms with E-state index in [1.165, 1.54) is 5.57 Å². The van der Waals surface area contributed by atoms with Crippen molar-refractivity contribution >= 4 is 0 Å². The largest absolute Gasteiger partial charge is 0.325 e. The van der Waals surface area contributed by atoms with E-state index < -0.39 is 0 Å². The second kappa shape index (κ2) is 5.15. The van der Waals surface area contributed by atoms with Gasteiger partial charge in [0.15, 0.2) is 0 Å². The lowest BCUT2D eigenvalue weighted by Crippen LogP contribution is -2.38. The molecule has 0 aromatic carbocycles. The number of allylic oxidation sites excluding steroid dienone is 1. The third-order valence-electron chi connectivity index (χ3n) is 2.30. The van der Waals surface area contributed by atoms with Gasteiger partial charge in [0.2, 0.25) is 0 Å². The van der Waals surface area contributed by atoms with Crippen molar-refractivity contribution in [1.29, 1.82) is 0 Å². The van der Waals surface area contributed by atoms with Gasteiger partial charge in [0.05, 0.1) is 0 Å². The van der Waals surface area contributed by atoms with E-state index in [9.17, 15) is 0 Å². The number of hydrogen-bond donors (Lipinski definition) is 1. The molecule has 0 heterocycles. The van der Waals surface area contributed by atoms with E-state index in [4.69, 9.17) is 5.73 Å². The minimum Gasteiger partial charge on any atom is -0.325 e. The van der Waals surface area contributed by atoms with Gasteiger partial charge in [-0.15, -0.1) is 13.2 Å². The van der Waals surface area contributed by atoms with Crippen LogP contribution in [0.25, 0.3) is 0 Å². The lowest BCUT2D eigenvalue weighted by atomic mass is 9.87. The van der Waals surface area contributed by atoms with Crippen LogP contribution in [0.2, 0.25) is 0 Å². The first kappa shape index (κ1) is 11.4. The number of hydrogen-bond acceptors (Lipinski definition) is 1. The van der Waals surface area contributed by atoms with Gasteiger partial charge in [-0.1, -0.05) is 18.6 Å². The first-order valence-electron chi connectivity index (χ1n) is 4.58. The molecule has 0 rings (SSSR count). The molecule has 2 N–H and O–H groups in total. The smallest absolute Gasteiger partial charge is 0.0189 e. The Kier molecular flexibility index (Phi) is 4.91. The molecule has 0 aliphatic carbocycles. The molecular formula is C11H21N. The predicted octanol–water partition coefficient (Wildman–Crippen LogP) is 3.03. The Balaban J connectivity index is 3.94. The lowest BCUT2D eigenvalue weighted by molar-refractivity contribution is 0.384. The van der Waals surface area contributed by atoms with Crippen LogP contribution in [0, 0.1) is 0 Å². The van der Waals surface area contributed by atoms with Gasteiger partial charge in [-0.25, -0.2) is 0 Å². The molecule has 1 nitrogen and oxygen atoms in total. The van der Waals surface area contributed by atoms with Crippen molar-refractivity contribution < 1.29 is 0 Å². The highest BCUT2D eigenvalue weighted by Gasteiger charge is 2.19. The standard InChI is InChI=1S/C11H21N/c1-5-8-11(12,6-2)9-7-10(3)4/h5H,1,3,6-9,12H2,2,4H3. The van der Waals surface area contributed by atoms with E-state index in [1.807, 2.05) is 13.0 Å². The molecule has 0 aliphatic heterocycles. The first-order valence-corrected chi connectivity index (χ1v) is 4.58. The van der Waals surface area contributed by atoms with Crippen molar-refractivity contribution in [2.75, 3.05) is 0 Å². The average Bonchev–Trinajstić information content (AvgIpc) is 2.02. The van der Waals surface area contributed by atoms with Crippen LogP contribution >= 0.6 is 0 Å². The van der Waals surface area contributed by atoms with Crippen molar-refractivity contribution in [2.45, 2.75) is 45.1 Å². The minimum atomic E-state index is -0.0549. The van der Waals surface area contributed by atoms with Crippen LogP contribution in [-0.4, -0.2) is 5.54 Å². The fraction of sp³-hybridized carbons (Fsp3) is 0.636. The van der Waals surface area contributed by atoms with Gasteiger partial charge in [-0.2, -0.15) is 0 Å². The summed E-state index contributed by atoms with van der Waals surface area (Å²) in [7, 11) is 0. The summed E-state index contributed by atoms with van der Waals surface area (Å²) in [6, 6.07) is 0. The van der Waals surface area contributed by atoms with Crippen LogP contribution in [0.4, 0.5) is 0 Å². The van der Waals surface area contributed by atoms with Gasteiger partial charge in [-0.3, -0.25) is 0 Å². The second-order valence-corrected chi connectivity index (χ2v) is 3.67. The second-order valence-electron chi connectivity index (χ2n) is 3.67. The molecule has 1 unspecified atom stereocenters. The highest BCUT2D eigenvalue weighted by Crippen LogP contribution is 2.20. The van der Waals surface area contributed by atoms with Gasteiger partial charge in [0, 0.05) is 5.54 Å². The molecule has 0 aliphatic rings. The van der Waals surface area contributed by atoms with Crippen LogP contribution in [0.5, 0.6) is 0 Å². The zero-order chi connectivity index (χ0) is 9.61. The number of nitrogens with two attached hydrogens (primary N) is 1. The van der Waals surface area contributed by atoms with E-state index in [0.29, 0.717) is 0 Å². The normalized spacial score (nSPS) is 15.2. The lowest BCUT2D eigenvalue weighted by Gasteiger charge is -2.26. The summed E-state index contributed by atoms with van der Waals surface area (Å²) in [5.41, 5.74) is 7.30. The van der Waals surface area contributed by atoms with Crippen LogP contribution < -0.4 is 5.73 Å². The maximum absolute atomic E-state index is 6.14. The summed E-state index contributed by atoms with van der Waals surface area (Å²) in [5.74, 6) is 0. The van der Waals surface area contributed by atoms with Gasteiger partial charge in [0.1, 0.15) is 0 Å². The summed E-state index contributed by atoms with van der Waals surface area (Å²) in [4.78, 5) is 0. The van der Waals surface area contributed by atoms with Gasteiger partial charge < -0.3 is 5.73 Å². The zero-order valence-electron chi connectivity index (χ0n) is 8.40.